The number of likely N-dealkylation sites (N-methyl/N-ethyl adjacent to an activating group) is 1. The molecule has 2 nitrogen and oxygen atoms in total. The summed E-state index contributed by atoms with van der Waals surface area (Å²) in [6.45, 7) is 5.57. The number of hydrogen-bond donors (Lipinski definition) is 0. The van der Waals surface area contributed by atoms with Gasteiger partial charge in [0, 0.05) is 31.2 Å². The number of nitrogens with zero attached hydrogens (tertiary/aromatic N) is 2. The van der Waals surface area contributed by atoms with Crippen LogP contribution in [-0.4, -0.2) is 54.2 Å². The second kappa shape index (κ2) is 3.60. The fourth-order valence-electron chi connectivity index (χ4n) is 2.62. The molecule has 0 aromatic heterocycles. The highest BCUT2D eigenvalue weighted by Crippen LogP contribution is 2.38. The monoisotopic (exact) mass is 236 g/mol. The summed E-state index contributed by atoms with van der Waals surface area (Å²) in [4.78, 5) is 4.21. The lowest BCUT2D eigenvalue weighted by Gasteiger charge is -2.43. The molecule has 2 rings (SSSR count). The second-order valence-corrected chi connectivity index (χ2v) is 5.74. The van der Waals surface area contributed by atoms with Crippen molar-refractivity contribution in [1.29, 1.82) is 0 Å². The van der Waals surface area contributed by atoms with Crippen molar-refractivity contribution >= 4 is 0 Å². The lowest BCUT2D eigenvalue weighted by atomic mass is 9.93. The van der Waals surface area contributed by atoms with E-state index in [1.165, 1.54) is 0 Å². The van der Waals surface area contributed by atoms with Crippen LogP contribution in [0.2, 0.25) is 0 Å². The molecule has 0 bridgehead atoms. The highest BCUT2D eigenvalue weighted by molar-refractivity contribution is 4.99. The van der Waals surface area contributed by atoms with Crippen LogP contribution >= 0.6 is 0 Å². The SMILES string of the molecule is CN1C[C@@H](N2CC(C(F)(F)F)C2)CC1(C)C. The Morgan fingerprint density at radius 2 is 1.69 bits per heavy atom. The first-order valence-corrected chi connectivity index (χ1v) is 5.72. The van der Waals surface area contributed by atoms with Crippen LogP contribution in [0.15, 0.2) is 0 Å². The van der Waals surface area contributed by atoms with Crippen LogP contribution in [0.1, 0.15) is 20.3 Å². The number of likely N-dealkylation sites (tertiary alicyclic amines) is 2. The van der Waals surface area contributed by atoms with Gasteiger partial charge in [0.05, 0.1) is 5.92 Å². The average molecular weight is 236 g/mol. The Hall–Kier alpha value is -0.290. The lowest BCUT2D eigenvalue weighted by Crippen LogP contribution is -2.57. The molecule has 0 aromatic carbocycles. The van der Waals surface area contributed by atoms with E-state index in [2.05, 4.69) is 18.7 Å². The van der Waals surface area contributed by atoms with Crippen molar-refractivity contribution < 1.29 is 13.2 Å². The molecule has 16 heavy (non-hydrogen) atoms. The lowest BCUT2D eigenvalue weighted by molar-refractivity contribution is -0.213. The molecule has 0 saturated carbocycles. The zero-order valence-corrected chi connectivity index (χ0v) is 10.0. The molecule has 0 N–H and O–H groups in total. The van der Waals surface area contributed by atoms with Crippen molar-refractivity contribution in [2.24, 2.45) is 5.92 Å². The topological polar surface area (TPSA) is 6.48 Å². The van der Waals surface area contributed by atoms with Gasteiger partial charge in [-0.15, -0.1) is 0 Å². The van der Waals surface area contributed by atoms with Gasteiger partial charge in [-0.1, -0.05) is 0 Å². The minimum atomic E-state index is -4.00. The Balaban J connectivity index is 1.86. The quantitative estimate of drug-likeness (QED) is 0.686. The molecule has 0 spiro atoms. The van der Waals surface area contributed by atoms with E-state index in [9.17, 15) is 13.2 Å². The minimum absolute atomic E-state index is 0.119. The zero-order chi connectivity index (χ0) is 12.1. The Kier molecular flexibility index (Phi) is 2.74. The number of halogens is 3. The Morgan fingerprint density at radius 3 is 2.06 bits per heavy atom. The number of alkyl halides is 3. The molecule has 0 unspecified atom stereocenters. The molecule has 2 aliphatic rings. The van der Waals surface area contributed by atoms with E-state index in [1.54, 1.807) is 0 Å². The van der Waals surface area contributed by atoms with Crippen molar-refractivity contribution in [2.45, 2.75) is 38.0 Å². The second-order valence-electron chi connectivity index (χ2n) is 5.74. The van der Waals surface area contributed by atoms with Crippen LogP contribution in [0.5, 0.6) is 0 Å². The zero-order valence-electron chi connectivity index (χ0n) is 10.0. The molecule has 2 fully saturated rings. The van der Waals surface area contributed by atoms with Crippen LogP contribution in [-0.2, 0) is 0 Å². The summed E-state index contributed by atoms with van der Waals surface area (Å²) in [7, 11) is 2.04. The standard InChI is InChI=1S/C11H19F3N2/c1-10(2)4-9(7-15(10)3)16-5-8(6-16)11(12,13)14/h8-9H,4-7H2,1-3H3/t9-/m0/s1. The maximum absolute atomic E-state index is 12.4. The van der Waals surface area contributed by atoms with Gasteiger partial charge in [0.1, 0.15) is 0 Å². The van der Waals surface area contributed by atoms with Crippen LogP contribution < -0.4 is 0 Å². The third-order valence-corrected chi connectivity index (χ3v) is 4.14. The first kappa shape index (κ1) is 12.2. The molecule has 2 aliphatic heterocycles. The Labute approximate surface area is 94.4 Å². The summed E-state index contributed by atoms with van der Waals surface area (Å²) < 4.78 is 37.1. The maximum atomic E-state index is 12.4. The maximum Gasteiger partial charge on any atom is 0.394 e. The van der Waals surface area contributed by atoms with Crippen molar-refractivity contribution in [3.8, 4) is 0 Å². The first-order chi connectivity index (χ1) is 7.20. The molecule has 0 radical (unpaired) electrons. The highest BCUT2D eigenvalue weighted by atomic mass is 19.4. The summed E-state index contributed by atoms with van der Waals surface area (Å²) in [6, 6.07) is 0.304. The van der Waals surface area contributed by atoms with E-state index in [0.717, 1.165) is 13.0 Å². The van der Waals surface area contributed by atoms with Gasteiger partial charge in [-0.2, -0.15) is 13.2 Å². The molecule has 2 heterocycles. The molecule has 0 aliphatic carbocycles. The molecule has 94 valence electrons. The molecule has 0 amide bonds. The predicted octanol–water partition coefficient (Wildman–Crippen LogP) is 1.96. The van der Waals surface area contributed by atoms with Crippen LogP contribution in [0.3, 0.4) is 0 Å². The Bertz CT molecular complexity index is 269. The van der Waals surface area contributed by atoms with Crippen molar-refractivity contribution in [1.82, 2.24) is 9.80 Å². The van der Waals surface area contributed by atoms with Gasteiger partial charge in [0.2, 0.25) is 0 Å². The fraction of sp³-hybridized carbons (Fsp3) is 1.00. The summed E-state index contributed by atoms with van der Waals surface area (Å²) in [5.74, 6) is -1.10. The van der Waals surface area contributed by atoms with E-state index in [0.29, 0.717) is 6.04 Å². The normalized spacial score (nSPS) is 33.0. The van der Waals surface area contributed by atoms with Crippen molar-refractivity contribution in [3.63, 3.8) is 0 Å². The van der Waals surface area contributed by atoms with E-state index in [-0.39, 0.29) is 18.6 Å². The summed E-state index contributed by atoms with van der Waals surface area (Å²) in [5, 5.41) is 0. The average Bonchev–Trinajstić information content (AvgIpc) is 2.19. The van der Waals surface area contributed by atoms with Crippen LogP contribution in [0, 0.1) is 5.92 Å². The third kappa shape index (κ3) is 2.07. The van der Waals surface area contributed by atoms with Gasteiger partial charge >= 0.3 is 6.18 Å². The summed E-state index contributed by atoms with van der Waals surface area (Å²) in [6.07, 6.45) is -3.04. The third-order valence-electron chi connectivity index (χ3n) is 4.14. The van der Waals surface area contributed by atoms with Crippen molar-refractivity contribution in [3.05, 3.63) is 0 Å². The smallest absolute Gasteiger partial charge is 0.300 e. The van der Waals surface area contributed by atoms with Crippen LogP contribution in [0.25, 0.3) is 0 Å². The molecular weight excluding hydrogens is 217 g/mol. The van der Waals surface area contributed by atoms with Gasteiger partial charge in [-0.05, 0) is 27.3 Å². The van der Waals surface area contributed by atoms with Crippen LogP contribution in [0.4, 0.5) is 13.2 Å². The molecule has 5 heteroatoms. The van der Waals surface area contributed by atoms with Gasteiger partial charge in [0.25, 0.3) is 0 Å². The van der Waals surface area contributed by atoms with E-state index < -0.39 is 12.1 Å². The Morgan fingerprint density at radius 1 is 1.12 bits per heavy atom. The molecule has 2 saturated heterocycles. The van der Waals surface area contributed by atoms with E-state index >= 15 is 0 Å². The van der Waals surface area contributed by atoms with Gasteiger partial charge in [0.15, 0.2) is 0 Å². The highest BCUT2D eigenvalue weighted by Gasteiger charge is 2.50. The summed E-state index contributed by atoms with van der Waals surface area (Å²) in [5.41, 5.74) is 0.119. The predicted molar refractivity (Wildman–Crippen MR) is 56.2 cm³/mol. The van der Waals surface area contributed by atoms with Crippen molar-refractivity contribution in [2.75, 3.05) is 26.7 Å². The first-order valence-electron chi connectivity index (χ1n) is 5.72. The van der Waals surface area contributed by atoms with Gasteiger partial charge in [-0.3, -0.25) is 9.80 Å². The largest absolute Gasteiger partial charge is 0.394 e. The fourth-order valence-corrected chi connectivity index (χ4v) is 2.62. The minimum Gasteiger partial charge on any atom is -0.300 e. The van der Waals surface area contributed by atoms with Gasteiger partial charge < -0.3 is 0 Å². The molecule has 0 aromatic rings. The number of rotatable bonds is 1. The number of hydrogen-bond acceptors (Lipinski definition) is 2. The molecule has 1 atom stereocenters. The molecular formula is C11H19F3N2. The summed E-state index contributed by atoms with van der Waals surface area (Å²) >= 11 is 0. The van der Waals surface area contributed by atoms with E-state index in [4.69, 9.17) is 0 Å². The van der Waals surface area contributed by atoms with Gasteiger partial charge in [-0.25, -0.2) is 0 Å². The van der Waals surface area contributed by atoms with E-state index in [1.807, 2.05) is 11.9 Å².